The van der Waals surface area contributed by atoms with Crippen molar-refractivity contribution in [3.05, 3.63) is 29.8 Å². The van der Waals surface area contributed by atoms with Crippen molar-refractivity contribution in [1.82, 2.24) is 16.1 Å². The number of nitrogens with zero attached hydrogens (tertiary/aromatic N) is 1. The molecule has 0 spiro atoms. The van der Waals surface area contributed by atoms with Crippen LogP contribution in [0, 0.1) is 29.6 Å². The number of aliphatic carboxylic acids is 1. The van der Waals surface area contributed by atoms with Gasteiger partial charge in [-0.15, -0.1) is 0 Å². The van der Waals surface area contributed by atoms with Gasteiger partial charge in [0.1, 0.15) is 6.04 Å². The molecule has 2 saturated carbocycles. The number of carboxylic acid groups (broad SMARTS) is 1. The fourth-order valence-electron chi connectivity index (χ4n) is 7.12. The molecule has 2 atom stereocenters. The minimum absolute atomic E-state index is 0.270. The molecule has 9 nitrogen and oxygen atoms in total. The summed E-state index contributed by atoms with van der Waals surface area (Å²) in [6.45, 7) is 11.6. The number of piperidine rings is 1. The Kier molecular flexibility index (Phi) is 14.2. The van der Waals surface area contributed by atoms with Crippen molar-refractivity contribution in [2.24, 2.45) is 29.6 Å². The summed E-state index contributed by atoms with van der Waals surface area (Å²) in [5, 5.41) is 17.0. The standard InChI is InChI=1S/C35H58N4O5/c1-25(2)24-43-26(3)44-38-34(40)31-13-15-32(16-14-31)39-19-17-29(18-20-39)22-36-21-27-9-11-28(12-10-27)23-37-33(35(41)42)30-7-5-4-6-8-30/h13-16,25-30,33,36-37H,4-12,17-24H2,1-3H3,(H,38,40)(H,41,42). The average molecular weight is 615 g/mol. The molecule has 2 unspecified atom stereocenters. The van der Waals surface area contributed by atoms with Crippen molar-refractivity contribution in [2.75, 3.05) is 44.2 Å². The van der Waals surface area contributed by atoms with Crippen LogP contribution in [0.4, 0.5) is 5.69 Å². The molecule has 0 bridgehead atoms. The van der Waals surface area contributed by atoms with Crippen LogP contribution in [0.2, 0.25) is 0 Å². The Morgan fingerprint density at radius 1 is 0.841 bits per heavy atom. The second-order valence-electron chi connectivity index (χ2n) is 14.0. The van der Waals surface area contributed by atoms with Crippen LogP contribution in [0.15, 0.2) is 24.3 Å². The number of carboxylic acids is 1. The minimum atomic E-state index is -0.664. The zero-order chi connectivity index (χ0) is 31.3. The molecule has 9 heteroatoms. The monoisotopic (exact) mass is 614 g/mol. The van der Waals surface area contributed by atoms with E-state index in [-0.39, 0.29) is 11.9 Å². The summed E-state index contributed by atoms with van der Waals surface area (Å²) in [4.78, 5) is 32.1. The van der Waals surface area contributed by atoms with Crippen LogP contribution in [0.1, 0.15) is 102 Å². The zero-order valence-electron chi connectivity index (χ0n) is 27.4. The van der Waals surface area contributed by atoms with Crippen LogP contribution in [-0.4, -0.2) is 68.6 Å². The number of hydrogen-bond donors (Lipinski definition) is 4. The summed E-state index contributed by atoms with van der Waals surface area (Å²) in [7, 11) is 0. The van der Waals surface area contributed by atoms with Gasteiger partial charge in [-0.2, -0.15) is 0 Å². The molecule has 1 aliphatic heterocycles. The van der Waals surface area contributed by atoms with Crippen molar-refractivity contribution in [2.45, 2.75) is 104 Å². The van der Waals surface area contributed by atoms with Gasteiger partial charge in [-0.1, -0.05) is 33.1 Å². The van der Waals surface area contributed by atoms with Crippen molar-refractivity contribution in [3.8, 4) is 0 Å². The summed E-state index contributed by atoms with van der Waals surface area (Å²) in [5.74, 6) is 1.81. The highest BCUT2D eigenvalue weighted by Gasteiger charge is 2.30. The fourth-order valence-corrected chi connectivity index (χ4v) is 7.12. The van der Waals surface area contributed by atoms with Gasteiger partial charge in [0, 0.05) is 24.3 Å². The van der Waals surface area contributed by atoms with Crippen molar-refractivity contribution in [3.63, 3.8) is 0 Å². The molecule has 3 fully saturated rings. The number of anilines is 1. The van der Waals surface area contributed by atoms with Crippen LogP contribution in [-0.2, 0) is 14.4 Å². The lowest BCUT2D eigenvalue weighted by Crippen LogP contribution is -2.46. The first-order valence-electron chi connectivity index (χ1n) is 17.4. The maximum absolute atomic E-state index is 12.4. The van der Waals surface area contributed by atoms with Gasteiger partial charge in [0.05, 0.1) is 6.61 Å². The van der Waals surface area contributed by atoms with Crippen molar-refractivity contribution < 1.29 is 24.3 Å². The number of ether oxygens (including phenoxy) is 1. The van der Waals surface area contributed by atoms with Gasteiger partial charge in [-0.25, -0.2) is 10.3 Å². The summed E-state index contributed by atoms with van der Waals surface area (Å²) < 4.78 is 5.53. The molecule has 3 aliphatic rings. The van der Waals surface area contributed by atoms with Gasteiger partial charge in [-0.3, -0.25) is 9.59 Å². The van der Waals surface area contributed by atoms with Crippen LogP contribution in [0.5, 0.6) is 0 Å². The maximum Gasteiger partial charge on any atom is 0.320 e. The first-order valence-corrected chi connectivity index (χ1v) is 17.4. The fraction of sp³-hybridized carbons (Fsp3) is 0.771. The number of carbonyl (C=O) groups is 2. The van der Waals surface area contributed by atoms with Crippen molar-refractivity contribution >= 4 is 17.6 Å². The lowest BCUT2D eigenvalue weighted by molar-refractivity contribution is -0.163. The van der Waals surface area contributed by atoms with Gasteiger partial charge in [0.15, 0.2) is 6.29 Å². The molecule has 1 aromatic carbocycles. The van der Waals surface area contributed by atoms with E-state index in [1.807, 2.05) is 24.3 Å². The first kappa shape index (κ1) is 34.7. The summed E-state index contributed by atoms with van der Waals surface area (Å²) >= 11 is 0. The molecule has 1 saturated heterocycles. The lowest BCUT2D eigenvalue weighted by Gasteiger charge is -2.35. The SMILES string of the molecule is CC(C)COC(C)ONC(=O)c1ccc(N2CCC(CNCC3CCC(CNC(C(=O)O)C4CCCCC4)CC3)CC2)cc1. The highest BCUT2D eigenvalue weighted by Crippen LogP contribution is 2.30. The second kappa shape index (κ2) is 18.1. The number of hydroxylamine groups is 1. The zero-order valence-corrected chi connectivity index (χ0v) is 27.4. The third kappa shape index (κ3) is 11.3. The third-order valence-electron chi connectivity index (χ3n) is 9.94. The third-order valence-corrected chi connectivity index (χ3v) is 9.94. The first-order chi connectivity index (χ1) is 21.3. The lowest BCUT2D eigenvalue weighted by atomic mass is 9.80. The predicted octanol–water partition coefficient (Wildman–Crippen LogP) is 5.60. The Morgan fingerprint density at radius 2 is 1.43 bits per heavy atom. The highest BCUT2D eigenvalue weighted by atomic mass is 16.8. The summed E-state index contributed by atoms with van der Waals surface area (Å²) in [6, 6.07) is 7.39. The van der Waals surface area contributed by atoms with Gasteiger partial charge in [-0.05, 0) is 132 Å². The van der Waals surface area contributed by atoms with E-state index < -0.39 is 12.3 Å². The Hall–Kier alpha value is -2.20. The number of nitrogens with one attached hydrogen (secondary N) is 3. The molecule has 4 N–H and O–H groups in total. The quantitative estimate of drug-likeness (QED) is 0.141. The number of rotatable bonds is 16. The van der Waals surface area contributed by atoms with Gasteiger partial charge >= 0.3 is 5.97 Å². The number of amides is 1. The highest BCUT2D eigenvalue weighted by molar-refractivity contribution is 5.93. The number of benzene rings is 1. The van der Waals surface area contributed by atoms with Crippen LogP contribution in [0.3, 0.4) is 0 Å². The van der Waals surface area contributed by atoms with Crippen LogP contribution < -0.4 is 21.0 Å². The molecule has 1 heterocycles. The molecule has 0 radical (unpaired) electrons. The second-order valence-corrected chi connectivity index (χ2v) is 14.0. The van der Waals surface area contributed by atoms with E-state index in [2.05, 4.69) is 34.9 Å². The van der Waals surface area contributed by atoms with Gasteiger partial charge < -0.3 is 25.4 Å². The van der Waals surface area contributed by atoms with E-state index >= 15 is 0 Å². The maximum atomic E-state index is 12.4. The number of hydrogen-bond acceptors (Lipinski definition) is 7. The van der Waals surface area contributed by atoms with E-state index in [4.69, 9.17) is 9.57 Å². The molecule has 44 heavy (non-hydrogen) atoms. The Balaban J connectivity index is 1.07. The molecule has 248 valence electrons. The predicted molar refractivity (Wildman–Crippen MR) is 175 cm³/mol. The average Bonchev–Trinajstić information content (AvgIpc) is 3.04. The topological polar surface area (TPSA) is 112 Å². The summed E-state index contributed by atoms with van der Waals surface area (Å²) in [5.41, 5.74) is 4.21. The van der Waals surface area contributed by atoms with Gasteiger partial charge in [0.2, 0.25) is 0 Å². The number of carbonyl (C=O) groups excluding carboxylic acids is 1. The smallest absolute Gasteiger partial charge is 0.320 e. The van der Waals surface area contributed by atoms with Crippen LogP contribution in [0.25, 0.3) is 0 Å². The van der Waals surface area contributed by atoms with E-state index in [9.17, 15) is 14.7 Å². The van der Waals surface area contributed by atoms with Crippen LogP contribution >= 0.6 is 0 Å². The van der Waals surface area contributed by atoms with Crippen molar-refractivity contribution in [1.29, 1.82) is 0 Å². The molecule has 0 aromatic heterocycles. The van der Waals surface area contributed by atoms with E-state index in [1.165, 1.54) is 57.8 Å². The van der Waals surface area contributed by atoms with E-state index in [0.29, 0.717) is 35.8 Å². The molecular formula is C35H58N4O5. The molecule has 1 amide bonds. The van der Waals surface area contributed by atoms with Gasteiger partial charge in [0.25, 0.3) is 5.91 Å². The molecule has 4 rings (SSSR count). The summed E-state index contributed by atoms with van der Waals surface area (Å²) in [6.07, 6.45) is 12.4. The Bertz CT molecular complexity index is 983. The Morgan fingerprint density at radius 3 is 2.02 bits per heavy atom. The molecular weight excluding hydrogens is 556 g/mol. The van der Waals surface area contributed by atoms with E-state index in [0.717, 1.165) is 57.2 Å². The Labute approximate surface area is 265 Å². The molecule has 1 aromatic rings. The minimum Gasteiger partial charge on any atom is -0.480 e. The van der Waals surface area contributed by atoms with E-state index in [1.54, 1.807) is 6.92 Å². The molecule has 2 aliphatic carbocycles. The normalized spacial score (nSPS) is 23.4. The largest absolute Gasteiger partial charge is 0.480 e.